The summed E-state index contributed by atoms with van der Waals surface area (Å²) in [5.41, 5.74) is 5.68. The van der Waals surface area contributed by atoms with Crippen LogP contribution < -0.4 is 15.4 Å². The highest BCUT2D eigenvalue weighted by Gasteiger charge is 2.08. The second kappa shape index (κ2) is 9.04. The van der Waals surface area contributed by atoms with E-state index in [1.807, 2.05) is 30.3 Å². The minimum absolute atomic E-state index is 0.187. The Hall–Kier alpha value is -3.34. The van der Waals surface area contributed by atoms with Crippen molar-refractivity contribution in [2.75, 3.05) is 19.0 Å². The van der Waals surface area contributed by atoms with Crippen molar-refractivity contribution in [2.45, 2.75) is 20.3 Å². The van der Waals surface area contributed by atoms with Gasteiger partial charge >= 0.3 is 0 Å². The van der Waals surface area contributed by atoms with Gasteiger partial charge in [-0.05, 0) is 67.3 Å². The van der Waals surface area contributed by atoms with Crippen LogP contribution in [0.5, 0.6) is 5.75 Å². The summed E-state index contributed by atoms with van der Waals surface area (Å²) in [4.78, 5) is 16.7. The number of hydrogen-bond acceptors (Lipinski definition) is 4. The molecule has 0 bridgehead atoms. The molecular formula is C23H25N3O2. The van der Waals surface area contributed by atoms with Gasteiger partial charge in [0.2, 0.25) is 0 Å². The summed E-state index contributed by atoms with van der Waals surface area (Å²) >= 11 is 0. The number of carbonyl (C=O) groups excluding carboxylic acids is 1. The summed E-state index contributed by atoms with van der Waals surface area (Å²) in [6.45, 7) is 4.63. The molecule has 0 spiro atoms. The van der Waals surface area contributed by atoms with Crippen molar-refractivity contribution >= 4 is 17.3 Å². The van der Waals surface area contributed by atoms with Gasteiger partial charge in [0, 0.05) is 24.1 Å². The lowest BCUT2D eigenvalue weighted by atomic mass is 10.1. The Bertz CT molecular complexity index is 970. The van der Waals surface area contributed by atoms with Crippen molar-refractivity contribution in [3.8, 4) is 5.75 Å². The molecule has 0 atom stereocenters. The van der Waals surface area contributed by atoms with Crippen LogP contribution in [0.25, 0.3) is 0 Å². The Morgan fingerprint density at radius 2 is 1.93 bits per heavy atom. The van der Waals surface area contributed by atoms with Crippen LogP contribution in [0.2, 0.25) is 0 Å². The molecule has 1 heterocycles. The van der Waals surface area contributed by atoms with E-state index in [1.54, 1.807) is 19.4 Å². The number of methoxy groups -OCH3 is 1. The normalized spacial score (nSPS) is 10.4. The average Bonchev–Trinajstić information content (AvgIpc) is 2.71. The van der Waals surface area contributed by atoms with Crippen LogP contribution in [0.3, 0.4) is 0 Å². The van der Waals surface area contributed by atoms with Gasteiger partial charge in [-0.15, -0.1) is 0 Å². The third-order valence-electron chi connectivity index (χ3n) is 4.50. The number of hydrogen-bond donors (Lipinski definition) is 2. The molecule has 0 fully saturated rings. The molecule has 0 unspecified atom stereocenters. The number of amides is 1. The molecule has 144 valence electrons. The van der Waals surface area contributed by atoms with Crippen molar-refractivity contribution in [2.24, 2.45) is 0 Å². The maximum atomic E-state index is 12.5. The number of ether oxygens (including phenoxy) is 1. The first-order valence-corrected chi connectivity index (χ1v) is 9.26. The molecule has 0 saturated carbocycles. The first-order chi connectivity index (χ1) is 13.5. The molecule has 0 saturated heterocycles. The van der Waals surface area contributed by atoms with Crippen LogP contribution in [-0.4, -0.2) is 24.5 Å². The molecule has 5 heteroatoms. The van der Waals surface area contributed by atoms with Gasteiger partial charge < -0.3 is 15.4 Å². The quantitative estimate of drug-likeness (QED) is 0.641. The molecule has 0 radical (unpaired) electrons. The second-order valence-electron chi connectivity index (χ2n) is 6.73. The summed E-state index contributed by atoms with van der Waals surface area (Å²) < 4.78 is 5.22. The van der Waals surface area contributed by atoms with Crippen LogP contribution >= 0.6 is 0 Å². The average molecular weight is 375 g/mol. The summed E-state index contributed by atoms with van der Waals surface area (Å²) in [5.74, 6) is 0.628. The van der Waals surface area contributed by atoms with Gasteiger partial charge in [-0.25, -0.2) is 0 Å². The summed E-state index contributed by atoms with van der Waals surface area (Å²) in [7, 11) is 1.64. The molecule has 1 amide bonds. The Balaban J connectivity index is 1.61. The third kappa shape index (κ3) is 5.10. The van der Waals surface area contributed by atoms with Gasteiger partial charge in [0.15, 0.2) is 0 Å². The lowest BCUT2D eigenvalue weighted by Gasteiger charge is -2.11. The molecule has 5 nitrogen and oxygen atoms in total. The van der Waals surface area contributed by atoms with Crippen molar-refractivity contribution in [3.05, 3.63) is 83.2 Å². The fraction of sp³-hybridized carbons (Fsp3) is 0.217. The van der Waals surface area contributed by atoms with E-state index in [4.69, 9.17) is 4.74 Å². The van der Waals surface area contributed by atoms with Crippen molar-refractivity contribution in [1.29, 1.82) is 0 Å². The molecule has 3 aromatic rings. The van der Waals surface area contributed by atoms with Gasteiger partial charge in [0.25, 0.3) is 5.91 Å². The van der Waals surface area contributed by atoms with E-state index >= 15 is 0 Å². The first kappa shape index (κ1) is 19.4. The van der Waals surface area contributed by atoms with E-state index in [9.17, 15) is 4.79 Å². The van der Waals surface area contributed by atoms with Gasteiger partial charge in [-0.2, -0.15) is 0 Å². The zero-order chi connectivity index (χ0) is 19.9. The molecular weight excluding hydrogens is 350 g/mol. The van der Waals surface area contributed by atoms with Crippen molar-refractivity contribution in [3.63, 3.8) is 0 Å². The number of rotatable bonds is 7. The fourth-order valence-corrected chi connectivity index (χ4v) is 2.90. The van der Waals surface area contributed by atoms with Crippen LogP contribution in [0, 0.1) is 13.8 Å². The summed E-state index contributed by atoms with van der Waals surface area (Å²) in [5, 5.41) is 6.30. The maximum absolute atomic E-state index is 12.5. The molecule has 0 aliphatic heterocycles. The molecule has 1 aromatic heterocycles. The van der Waals surface area contributed by atoms with E-state index in [-0.39, 0.29) is 5.91 Å². The Labute approximate surface area is 165 Å². The van der Waals surface area contributed by atoms with Gasteiger partial charge in [-0.1, -0.05) is 24.3 Å². The van der Waals surface area contributed by atoms with Gasteiger partial charge in [0.05, 0.1) is 7.11 Å². The van der Waals surface area contributed by atoms with Gasteiger partial charge in [-0.3, -0.25) is 9.78 Å². The second-order valence-corrected chi connectivity index (χ2v) is 6.73. The minimum atomic E-state index is -0.187. The molecule has 2 aromatic carbocycles. The zero-order valence-electron chi connectivity index (χ0n) is 16.5. The number of carbonyl (C=O) groups is 1. The molecule has 3 rings (SSSR count). The SMILES string of the molecule is COc1cccc(CCNC(=O)c2cc(Nc3cc(C)ccc3C)ccn2)c1. The van der Waals surface area contributed by atoms with Gasteiger partial charge in [0.1, 0.15) is 11.4 Å². The maximum Gasteiger partial charge on any atom is 0.269 e. The predicted molar refractivity (Wildman–Crippen MR) is 112 cm³/mol. The van der Waals surface area contributed by atoms with Crippen molar-refractivity contribution in [1.82, 2.24) is 10.3 Å². The summed E-state index contributed by atoms with van der Waals surface area (Å²) in [6.07, 6.45) is 2.37. The Morgan fingerprint density at radius 3 is 2.75 bits per heavy atom. The third-order valence-corrected chi connectivity index (χ3v) is 4.50. The number of aromatic nitrogens is 1. The lowest BCUT2D eigenvalue weighted by molar-refractivity contribution is 0.0949. The monoisotopic (exact) mass is 375 g/mol. The number of benzene rings is 2. The highest BCUT2D eigenvalue weighted by Crippen LogP contribution is 2.22. The van der Waals surface area contributed by atoms with E-state index in [1.165, 1.54) is 5.56 Å². The van der Waals surface area contributed by atoms with Crippen LogP contribution in [0.4, 0.5) is 11.4 Å². The zero-order valence-corrected chi connectivity index (χ0v) is 16.5. The molecule has 28 heavy (non-hydrogen) atoms. The molecule has 0 aliphatic rings. The lowest BCUT2D eigenvalue weighted by Crippen LogP contribution is -2.26. The van der Waals surface area contributed by atoms with Crippen LogP contribution in [0.1, 0.15) is 27.2 Å². The predicted octanol–water partition coefficient (Wildman–Crippen LogP) is 4.42. The van der Waals surface area contributed by atoms with Crippen molar-refractivity contribution < 1.29 is 9.53 Å². The van der Waals surface area contributed by atoms with E-state index in [2.05, 4.69) is 47.7 Å². The molecule has 0 aliphatic carbocycles. The number of anilines is 2. The Morgan fingerprint density at radius 1 is 1.07 bits per heavy atom. The van der Waals surface area contributed by atoms with Crippen LogP contribution in [0.15, 0.2) is 60.8 Å². The summed E-state index contributed by atoms with van der Waals surface area (Å²) in [6, 6.07) is 17.7. The number of nitrogens with zero attached hydrogens (tertiary/aromatic N) is 1. The standard InChI is InChI=1S/C23H25N3O2/c1-16-7-8-17(2)21(13-16)26-19-10-12-24-22(15-19)23(27)25-11-9-18-5-4-6-20(14-18)28-3/h4-8,10,12-15H,9,11H2,1-3H3,(H,24,26)(H,25,27). The first-order valence-electron chi connectivity index (χ1n) is 9.26. The van der Waals surface area contributed by atoms with E-state index in [0.717, 1.165) is 34.7 Å². The topological polar surface area (TPSA) is 63.2 Å². The van der Waals surface area contributed by atoms with Crippen LogP contribution in [-0.2, 0) is 6.42 Å². The Kier molecular flexibility index (Phi) is 6.27. The highest BCUT2D eigenvalue weighted by atomic mass is 16.5. The van der Waals surface area contributed by atoms with E-state index < -0.39 is 0 Å². The molecule has 2 N–H and O–H groups in total. The number of nitrogens with one attached hydrogen (secondary N) is 2. The fourth-order valence-electron chi connectivity index (χ4n) is 2.90. The highest BCUT2D eigenvalue weighted by molar-refractivity contribution is 5.93. The van der Waals surface area contributed by atoms with E-state index in [0.29, 0.717) is 12.2 Å². The number of aryl methyl sites for hydroxylation is 2. The minimum Gasteiger partial charge on any atom is -0.497 e. The smallest absolute Gasteiger partial charge is 0.269 e. The number of pyridine rings is 1. The largest absolute Gasteiger partial charge is 0.497 e.